The van der Waals surface area contributed by atoms with Crippen molar-refractivity contribution < 1.29 is 9.32 Å². The third kappa shape index (κ3) is 4.03. The minimum atomic E-state index is -0.298. The summed E-state index contributed by atoms with van der Waals surface area (Å²) in [6.07, 6.45) is 4.80. The van der Waals surface area contributed by atoms with Crippen molar-refractivity contribution in [2.24, 2.45) is 0 Å². The maximum Gasteiger partial charge on any atom is 0.320 e. The van der Waals surface area contributed by atoms with E-state index in [1.807, 2.05) is 37.3 Å². The number of aryl methyl sites for hydroxylation is 2. The van der Waals surface area contributed by atoms with Gasteiger partial charge in [-0.2, -0.15) is 0 Å². The van der Waals surface area contributed by atoms with Crippen molar-refractivity contribution in [3.05, 3.63) is 71.3 Å². The van der Waals surface area contributed by atoms with Crippen LogP contribution in [-0.2, 0) is 12.8 Å². The summed E-state index contributed by atoms with van der Waals surface area (Å²) in [6.45, 7) is 1.99. The third-order valence-electron chi connectivity index (χ3n) is 5.03. The molecule has 0 spiro atoms. The Bertz CT molecular complexity index is 934. The van der Waals surface area contributed by atoms with Crippen LogP contribution >= 0.6 is 0 Å². The molecular formula is C22H23N3O2. The predicted octanol–water partition coefficient (Wildman–Crippen LogP) is 5.10. The van der Waals surface area contributed by atoms with E-state index in [-0.39, 0.29) is 12.1 Å². The lowest BCUT2D eigenvalue weighted by Gasteiger charge is -2.20. The number of carbonyl (C=O) groups excluding carboxylic acids is 1. The first kappa shape index (κ1) is 17.3. The number of nitrogens with one attached hydrogen (secondary N) is 2. The lowest BCUT2D eigenvalue weighted by atomic mass is 9.89. The van der Waals surface area contributed by atoms with Gasteiger partial charge >= 0.3 is 6.03 Å². The molecular weight excluding hydrogens is 338 g/mol. The van der Waals surface area contributed by atoms with Crippen molar-refractivity contribution in [3.8, 4) is 11.3 Å². The number of carbonyl (C=O) groups is 1. The quantitative estimate of drug-likeness (QED) is 0.679. The van der Waals surface area contributed by atoms with Crippen LogP contribution in [-0.4, -0.2) is 11.2 Å². The molecule has 1 aliphatic carbocycles. The second-order valence-electron chi connectivity index (χ2n) is 7.00. The van der Waals surface area contributed by atoms with Crippen LogP contribution < -0.4 is 10.6 Å². The number of hydrogen-bond donors (Lipinski definition) is 2. The molecule has 1 aliphatic rings. The Labute approximate surface area is 158 Å². The topological polar surface area (TPSA) is 67.2 Å². The number of rotatable bonds is 4. The summed E-state index contributed by atoms with van der Waals surface area (Å²) in [4.78, 5) is 12.3. The molecule has 1 atom stereocenters. The average molecular weight is 361 g/mol. The van der Waals surface area contributed by atoms with Crippen molar-refractivity contribution in [1.29, 1.82) is 0 Å². The van der Waals surface area contributed by atoms with Crippen molar-refractivity contribution in [1.82, 2.24) is 10.5 Å². The lowest BCUT2D eigenvalue weighted by molar-refractivity contribution is 0.249. The molecule has 27 heavy (non-hydrogen) atoms. The van der Waals surface area contributed by atoms with E-state index in [9.17, 15) is 4.79 Å². The second kappa shape index (κ2) is 7.66. The number of urea groups is 1. The summed E-state index contributed by atoms with van der Waals surface area (Å²) in [5, 5.41) is 9.63. The summed E-state index contributed by atoms with van der Waals surface area (Å²) in [6, 6.07) is 17.5. The van der Waals surface area contributed by atoms with Gasteiger partial charge in [-0.3, -0.25) is 5.32 Å². The normalized spacial score (nSPS) is 14.3. The molecule has 2 amide bonds. The van der Waals surface area contributed by atoms with Crippen molar-refractivity contribution in [2.45, 2.75) is 38.6 Å². The first-order valence-corrected chi connectivity index (χ1v) is 9.40. The standard InChI is InChI=1S/C22H23N3O2/c1-15(18-12-11-16-7-5-6-10-19(16)13-18)23-22(26)24-21-14-20(27-25-21)17-8-3-2-4-9-17/h2-4,8-9,11-15H,5-7,10H2,1H3,(H2,23,24,25,26). The molecule has 1 aromatic heterocycles. The first-order valence-electron chi connectivity index (χ1n) is 9.40. The van der Waals surface area contributed by atoms with Crippen molar-refractivity contribution in [3.63, 3.8) is 0 Å². The summed E-state index contributed by atoms with van der Waals surface area (Å²) < 4.78 is 5.31. The zero-order valence-corrected chi connectivity index (χ0v) is 15.4. The molecule has 1 heterocycles. The Hall–Kier alpha value is -3.08. The van der Waals surface area contributed by atoms with Crippen LogP contribution in [0.15, 0.2) is 59.1 Å². The van der Waals surface area contributed by atoms with Gasteiger partial charge in [-0.1, -0.05) is 53.7 Å². The Morgan fingerprint density at radius 1 is 1.04 bits per heavy atom. The van der Waals surface area contributed by atoms with Crippen LogP contribution in [0.25, 0.3) is 11.3 Å². The number of benzene rings is 2. The maximum absolute atomic E-state index is 12.3. The zero-order chi connectivity index (χ0) is 18.6. The Kier molecular flexibility index (Phi) is 4.92. The molecule has 0 saturated heterocycles. The van der Waals surface area contributed by atoms with Gasteiger partial charge in [0.15, 0.2) is 11.6 Å². The Balaban J connectivity index is 1.39. The van der Waals surface area contributed by atoms with Gasteiger partial charge in [-0.25, -0.2) is 4.79 Å². The third-order valence-corrected chi connectivity index (χ3v) is 5.03. The first-order chi connectivity index (χ1) is 13.2. The Morgan fingerprint density at radius 2 is 1.81 bits per heavy atom. The van der Waals surface area contributed by atoms with Gasteiger partial charge in [0.2, 0.25) is 0 Å². The van der Waals surface area contributed by atoms with E-state index in [1.54, 1.807) is 6.07 Å². The number of fused-ring (bicyclic) bond motifs is 1. The van der Waals surface area contributed by atoms with Crippen molar-refractivity contribution >= 4 is 11.8 Å². The van der Waals surface area contributed by atoms with Gasteiger partial charge in [0, 0.05) is 11.6 Å². The number of aromatic nitrogens is 1. The summed E-state index contributed by atoms with van der Waals surface area (Å²) in [7, 11) is 0. The summed E-state index contributed by atoms with van der Waals surface area (Å²) >= 11 is 0. The van der Waals surface area contributed by atoms with Gasteiger partial charge in [-0.15, -0.1) is 0 Å². The van der Waals surface area contributed by atoms with E-state index >= 15 is 0 Å². The molecule has 5 nitrogen and oxygen atoms in total. The molecule has 0 aliphatic heterocycles. The zero-order valence-electron chi connectivity index (χ0n) is 15.4. The molecule has 0 fully saturated rings. The highest BCUT2D eigenvalue weighted by Crippen LogP contribution is 2.25. The number of amides is 2. The molecule has 0 saturated carbocycles. The minimum absolute atomic E-state index is 0.0854. The number of anilines is 1. The van der Waals surface area contributed by atoms with E-state index in [1.165, 1.54) is 24.0 Å². The molecule has 1 unspecified atom stereocenters. The SMILES string of the molecule is CC(NC(=O)Nc1cc(-c2ccccc2)on1)c1ccc2c(c1)CCCC2. The van der Waals surface area contributed by atoms with E-state index in [2.05, 4.69) is 34.0 Å². The molecule has 0 radical (unpaired) electrons. The fourth-order valence-corrected chi connectivity index (χ4v) is 3.53. The average Bonchev–Trinajstić information content (AvgIpc) is 3.16. The summed E-state index contributed by atoms with van der Waals surface area (Å²) in [5.41, 5.74) is 4.89. The monoisotopic (exact) mass is 361 g/mol. The molecule has 2 aromatic carbocycles. The fourth-order valence-electron chi connectivity index (χ4n) is 3.53. The number of hydrogen-bond acceptors (Lipinski definition) is 3. The lowest BCUT2D eigenvalue weighted by Crippen LogP contribution is -2.31. The molecule has 0 bridgehead atoms. The molecule has 4 rings (SSSR count). The highest BCUT2D eigenvalue weighted by atomic mass is 16.5. The largest absolute Gasteiger partial charge is 0.354 e. The van der Waals surface area contributed by atoms with Gasteiger partial charge in [-0.05, 0) is 49.3 Å². The van der Waals surface area contributed by atoms with Crippen LogP contribution in [0.5, 0.6) is 0 Å². The van der Waals surface area contributed by atoms with Crippen LogP contribution in [0.3, 0.4) is 0 Å². The predicted molar refractivity (Wildman–Crippen MR) is 106 cm³/mol. The number of nitrogens with zero attached hydrogens (tertiary/aromatic N) is 1. The van der Waals surface area contributed by atoms with Crippen LogP contribution in [0.4, 0.5) is 10.6 Å². The van der Waals surface area contributed by atoms with E-state index in [0.29, 0.717) is 11.6 Å². The van der Waals surface area contributed by atoms with Crippen LogP contribution in [0.1, 0.15) is 42.5 Å². The molecule has 2 N–H and O–H groups in total. The second-order valence-corrected chi connectivity index (χ2v) is 7.00. The van der Waals surface area contributed by atoms with E-state index < -0.39 is 0 Å². The molecule has 3 aromatic rings. The smallest absolute Gasteiger partial charge is 0.320 e. The fraction of sp³-hybridized carbons (Fsp3) is 0.273. The van der Waals surface area contributed by atoms with E-state index in [4.69, 9.17) is 4.52 Å². The van der Waals surface area contributed by atoms with Crippen LogP contribution in [0, 0.1) is 0 Å². The van der Waals surface area contributed by atoms with Gasteiger partial charge in [0.1, 0.15) is 0 Å². The minimum Gasteiger partial charge on any atom is -0.354 e. The van der Waals surface area contributed by atoms with Gasteiger partial charge in [0.05, 0.1) is 6.04 Å². The highest BCUT2D eigenvalue weighted by molar-refractivity contribution is 5.89. The maximum atomic E-state index is 12.3. The summed E-state index contributed by atoms with van der Waals surface area (Å²) in [5.74, 6) is 1.01. The van der Waals surface area contributed by atoms with Crippen molar-refractivity contribution in [2.75, 3.05) is 5.32 Å². The molecule has 5 heteroatoms. The Morgan fingerprint density at radius 3 is 2.63 bits per heavy atom. The highest BCUT2D eigenvalue weighted by Gasteiger charge is 2.15. The van der Waals surface area contributed by atoms with Gasteiger partial charge < -0.3 is 9.84 Å². The van der Waals surface area contributed by atoms with E-state index in [0.717, 1.165) is 24.0 Å². The van der Waals surface area contributed by atoms with Gasteiger partial charge in [0.25, 0.3) is 0 Å². The van der Waals surface area contributed by atoms with Crippen LogP contribution in [0.2, 0.25) is 0 Å². The molecule has 138 valence electrons.